The van der Waals surface area contributed by atoms with E-state index in [0.717, 1.165) is 39.1 Å². The lowest BCUT2D eigenvalue weighted by atomic mass is 9.92. The lowest BCUT2D eigenvalue weighted by molar-refractivity contribution is -0.0385. The van der Waals surface area contributed by atoms with Crippen molar-refractivity contribution in [3.05, 3.63) is 0 Å². The van der Waals surface area contributed by atoms with Crippen LogP contribution in [0.15, 0.2) is 0 Å². The Morgan fingerprint density at radius 3 is 2.78 bits per heavy atom. The molecular weight excluding hydrogens is 228 g/mol. The maximum absolute atomic E-state index is 5.99. The normalized spacial score (nSPS) is 25.0. The van der Waals surface area contributed by atoms with Crippen LogP contribution in [0.4, 0.5) is 0 Å². The van der Waals surface area contributed by atoms with Gasteiger partial charge in [-0.1, -0.05) is 6.92 Å². The van der Waals surface area contributed by atoms with Crippen LogP contribution in [0.2, 0.25) is 0 Å². The topological polar surface area (TPSA) is 47.7 Å². The van der Waals surface area contributed by atoms with Crippen molar-refractivity contribution in [1.29, 1.82) is 0 Å². The molecule has 1 aliphatic rings. The number of piperidine rings is 1. The fourth-order valence-corrected chi connectivity index (χ4v) is 2.56. The van der Waals surface area contributed by atoms with Gasteiger partial charge in [0, 0.05) is 39.0 Å². The van der Waals surface area contributed by atoms with Gasteiger partial charge in [0.15, 0.2) is 0 Å². The summed E-state index contributed by atoms with van der Waals surface area (Å²) < 4.78 is 11.1. The van der Waals surface area contributed by atoms with E-state index in [4.69, 9.17) is 15.2 Å². The van der Waals surface area contributed by atoms with Gasteiger partial charge in [0.2, 0.25) is 0 Å². The third-order valence-electron chi connectivity index (χ3n) is 3.98. The van der Waals surface area contributed by atoms with Crippen LogP contribution in [0.3, 0.4) is 0 Å². The average Bonchev–Trinajstić information content (AvgIpc) is 2.42. The predicted octanol–water partition coefficient (Wildman–Crippen LogP) is 1.63. The molecule has 0 radical (unpaired) electrons. The summed E-state index contributed by atoms with van der Waals surface area (Å²) in [5.41, 5.74) is 6.03. The smallest absolute Gasteiger partial charge is 0.0702 e. The first-order valence-corrected chi connectivity index (χ1v) is 7.22. The second-order valence-electron chi connectivity index (χ2n) is 5.52. The molecule has 2 atom stereocenters. The SMILES string of the molecule is CCCOC1CCCN(C(C)(CN)CCOC)C1. The largest absolute Gasteiger partial charge is 0.385 e. The highest BCUT2D eigenvalue weighted by Gasteiger charge is 2.34. The van der Waals surface area contributed by atoms with Crippen LogP contribution in [-0.4, -0.2) is 56.5 Å². The van der Waals surface area contributed by atoms with Crippen LogP contribution >= 0.6 is 0 Å². The summed E-state index contributed by atoms with van der Waals surface area (Å²) in [6.07, 6.45) is 4.85. The number of hydrogen-bond donors (Lipinski definition) is 1. The minimum atomic E-state index is 0.0459. The van der Waals surface area contributed by atoms with Gasteiger partial charge in [-0.25, -0.2) is 0 Å². The maximum atomic E-state index is 5.99. The summed E-state index contributed by atoms with van der Waals surface area (Å²) in [6, 6.07) is 0. The van der Waals surface area contributed by atoms with Crippen molar-refractivity contribution in [2.24, 2.45) is 5.73 Å². The lowest BCUT2D eigenvalue weighted by Gasteiger charge is -2.45. The van der Waals surface area contributed by atoms with Crippen molar-refractivity contribution in [2.45, 2.75) is 51.2 Å². The van der Waals surface area contributed by atoms with E-state index in [-0.39, 0.29) is 5.54 Å². The molecule has 2 unspecified atom stereocenters. The number of ether oxygens (including phenoxy) is 2. The van der Waals surface area contributed by atoms with Gasteiger partial charge in [-0.2, -0.15) is 0 Å². The highest BCUT2D eigenvalue weighted by atomic mass is 16.5. The second-order valence-corrected chi connectivity index (χ2v) is 5.52. The number of nitrogens with zero attached hydrogens (tertiary/aromatic N) is 1. The van der Waals surface area contributed by atoms with Crippen LogP contribution in [0.25, 0.3) is 0 Å². The molecule has 0 saturated carbocycles. The highest BCUT2D eigenvalue weighted by Crippen LogP contribution is 2.24. The first kappa shape index (κ1) is 15.9. The molecular formula is C14H30N2O2. The standard InChI is InChI=1S/C14H30N2O2/c1-4-9-18-13-6-5-8-16(11-13)14(2,12-15)7-10-17-3/h13H,4-12,15H2,1-3H3. The monoisotopic (exact) mass is 258 g/mol. The van der Waals surface area contributed by atoms with Crippen LogP contribution in [-0.2, 0) is 9.47 Å². The number of methoxy groups -OCH3 is 1. The molecule has 0 amide bonds. The zero-order valence-electron chi connectivity index (χ0n) is 12.3. The van der Waals surface area contributed by atoms with Gasteiger partial charge in [0.25, 0.3) is 0 Å². The van der Waals surface area contributed by atoms with E-state index in [1.165, 1.54) is 12.8 Å². The first-order valence-electron chi connectivity index (χ1n) is 7.22. The molecule has 1 rings (SSSR count). The Kier molecular flexibility index (Phi) is 7.15. The predicted molar refractivity (Wildman–Crippen MR) is 74.8 cm³/mol. The van der Waals surface area contributed by atoms with Crippen molar-refractivity contribution >= 4 is 0 Å². The fraction of sp³-hybridized carbons (Fsp3) is 1.00. The first-order chi connectivity index (χ1) is 8.66. The average molecular weight is 258 g/mol. The van der Waals surface area contributed by atoms with E-state index in [1.54, 1.807) is 7.11 Å². The van der Waals surface area contributed by atoms with E-state index in [9.17, 15) is 0 Å². The van der Waals surface area contributed by atoms with Gasteiger partial charge >= 0.3 is 0 Å². The van der Waals surface area contributed by atoms with Crippen LogP contribution in [0, 0.1) is 0 Å². The molecule has 18 heavy (non-hydrogen) atoms. The summed E-state index contributed by atoms with van der Waals surface area (Å²) in [7, 11) is 1.75. The van der Waals surface area contributed by atoms with Gasteiger partial charge in [-0.3, -0.25) is 4.90 Å². The molecule has 108 valence electrons. The summed E-state index contributed by atoms with van der Waals surface area (Å²) >= 11 is 0. The summed E-state index contributed by atoms with van der Waals surface area (Å²) in [5.74, 6) is 0. The highest BCUT2D eigenvalue weighted by molar-refractivity contribution is 4.90. The third-order valence-corrected chi connectivity index (χ3v) is 3.98. The molecule has 1 saturated heterocycles. The summed E-state index contributed by atoms with van der Waals surface area (Å²) in [5, 5.41) is 0. The van der Waals surface area contributed by atoms with Crippen molar-refractivity contribution in [3.63, 3.8) is 0 Å². The van der Waals surface area contributed by atoms with E-state index in [0.29, 0.717) is 12.6 Å². The molecule has 2 N–H and O–H groups in total. The zero-order chi connectivity index (χ0) is 13.4. The molecule has 0 spiro atoms. The minimum absolute atomic E-state index is 0.0459. The van der Waals surface area contributed by atoms with Gasteiger partial charge in [-0.15, -0.1) is 0 Å². The minimum Gasteiger partial charge on any atom is -0.385 e. The Bertz CT molecular complexity index is 226. The van der Waals surface area contributed by atoms with Crippen LogP contribution in [0.5, 0.6) is 0 Å². The zero-order valence-corrected chi connectivity index (χ0v) is 12.3. The van der Waals surface area contributed by atoms with Crippen LogP contribution in [0.1, 0.15) is 39.5 Å². The van der Waals surface area contributed by atoms with Crippen molar-refractivity contribution in [3.8, 4) is 0 Å². The van der Waals surface area contributed by atoms with E-state index >= 15 is 0 Å². The van der Waals surface area contributed by atoms with E-state index in [1.807, 2.05) is 0 Å². The number of hydrogen-bond acceptors (Lipinski definition) is 4. The van der Waals surface area contributed by atoms with E-state index < -0.39 is 0 Å². The number of nitrogens with two attached hydrogens (primary N) is 1. The molecule has 0 aromatic carbocycles. The molecule has 1 aliphatic heterocycles. The van der Waals surface area contributed by atoms with Crippen molar-refractivity contribution in [2.75, 3.05) is 40.0 Å². The molecule has 4 nitrogen and oxygen atoms in total. The quantitative estimate of drug-likeness (QED) is 0.719. The van der Waals surface area contributed by atoms with Gasteiger partial charge in [-0.05, 0) is 39.2 Å². The molecule has 4 heteroatoms. The molecule has 0 aromatic heterocycles. The molecule has 0 aromatic rings. The van der Waals surface area contributed by atoms with Crippen LogP contribution < -0.4 is 5.73 Å². The number of likely N-dealkylation sites (tertiary alicyclic amines) is 1. The lowest BCUT2D eigenvalue weighted by Crippen LogP contribution is -2.57. The Morgan fingerprint density at radius 2 is 2.17 bits per heavy atom. The Labute approximate surface area is 112 Å². The summed E-state index contributed by atoms with van der Waals surface area (Å²) in [6.45, 7) is 8.86. The fourth-order valence-electron chi connectivity index (χ4n) is 2.56. The van der Waals surface area contributed by atoms with Gasteiger partial charge in [0.05, 0.1) is 6.10 Å². The number of rotatable bonds is 8. The third kappa shape index (κ3) is 4.50. The molecule has 0 bridgehead atoms. The van der Waals surface area contributed by atoms with Gasteiger partial charge in [0.1, 0.15) is 0 Å². The Balaban J connectivity index is 2.51. The molecule has 0 aliphatic carbocycles. The maximum Gasteiger partial charge on any atom is 0.0702 e. The van der Waals surface area contributed by atoms with Gasteiger partial charge < -0.3 is 15.2 Å². The Morgan fingerprint density at radius 1 is 1.39 bits per heavy atom. The van der Waals surface area contributed by atoms with Crippen molar-refractivity contribution in [1.82, 2.24) is 4.90 Å². The van der Waals surface area contributed by atoms with E-state index in [2.05, 4.69) is 18.7 Å². The Hall–Kier alpha value is -0.160. The summed E-state index contributed by atoms with van der Waals surface area (Å²) in [4.78, 5) is 2.50. The van der Waals surface area contributed by atoms with Crippen molar-refractivity contribution < 1.29 is 9.47 Å². The molecule has 1 heterocycles. The molecule has 1 fully saturated rings. The second kappa shape index (κ2) is 8.10.